The predicted octanol–water partition coefficient (Wildman–Crippen LogP) is 5.29. The molecule has 0 atom stereocenters. The van der Waals surface area contributed by atoms with Gasteiger partial charge in [-0.05, 0) is 42.0 Å². The molecule has 0 aliphatic rings. The SMILES string of the molecule is CCOCCn1c(=NC(=O)c2cccc3ccccc23)sc2cc(Cl)ccc21. The van der Waals surface area contributed by atoms with Gasteiger partial charge in [-0.1, -0.05) is 59.3 Å². The molecule has 0 bridgehead atoms. The van der Waals surface area contributed by atoms with Crippen molar-refractivity contribution in [3.63, 3.8) is 0 Å². The molecule has 4 rings (SSSR count). The van der Waals surface area contributed by atoms with Crippen molar-refractivity contribution in [3.05, 3.63) is 76.1 Å². The number of fused-ring (bicyclic) bond motifs is 2. The van der Waals surface area contributed by atoms with Gasteiger partial charge in [0, 0.05) is 23.7 Å². The van der Waals surface area contributed by atoms with Crippen molar-refractivity contribution in [1.82, 2.24) is 4.57 Å². The molecule has 0 N–H and O–H groups in total. The van der Waals surface area contributed by atoms with E-state index >= 15 is 0 Å². The molecule has 4 aromatic rings. The Morgan fingerprint density at radius 1 is 1.14 bits per heavy atom. The summed E-state index contributed by atoms with van der Waals surface area (Å²) in [5.41, 5.74) is 1.60. The molecule has 0 saturated heterocycles. The number of hydrogen-bond donors (Lipinski definition) is 0. The van der Waals surface area contributed by atoms with E-state index in [1.165, 1.54) is 11.3 Å². The van der Waals surface area contributed by atoms with Crippen molar-refractivity contribution in [2.75, 3.05) is 13.2 Å². The van der Waals surface area contributed by atoms with Crippen molar-refractivity contribution < 1.29 is 9.53 Å². The average molecular weight is 411 g/mol. The Bertz CT molecular complexity index is 1220. The lowest BCUT2D eigenvalue weighted by Gasteiger charge is -2.06. The maximum atomic E-state index is 13.0. The van der Waals surface area contributed by atoms with E-state index in [4.69, 9.17) is 16.3 Å². The minimum atomic E-state index is -0.250. The quantitative estimate of drug-likeness (QED) is 0.420. The van der Waals surface area contributed by atoms with Gasteiger partial charge in [0.1, 0.15) is 0 Å². The van der Waals surface area contributed by atoms with Gasteiger partial charge >= 0.3 is 0 Å². The maximum absolute atomic E-state index is 13.0. The number of benzene rings is 3. The lowest BCUT2D eigenvalue weighted by atomic mass is 10.0. The number of thiazole rings is 1. The molecular weight excluding hydrogens is 392 g/mol. The van der Waals surface area contributed by atoms with Gasteiger partial charge in [0.05, 0.1) is 16.8 Å². The van der Waals surface area contributed by atoms with Crippen LogP contribution in [-0.2, 0) is 11.3 Å². The molecule has 1 aromatic heterocycles. The van der Waals surface area contributed by atoms with Crippen molar-refractivity contribution in [3.8, 4) is 0 Å². The zero-order valence-electron chi connectivity index (χ0n) is 15.4. The van der Waals surface area contributed by atoms with Crippen LogP contribution in [-0.4, -0.2) is 23.7 Å². The molecule has 28 heavy (non-hydrogen) atoms. The fourth-order valence-corrected chi connectivity index (χ4v) is 4.54. The Labute approximate surface area is 171 Å². The molecule has 0 aliphatic carbocycles. The van der Waals surface area contributed by atoms with E-state index in [1.807, 2.05) is 72.2 Å². The Hall–Kier alpha value is -2.47. The van der Waals surface area contributed by atoms with E-state index in [0.29, 0.717) is 35.1 Å². The Balaban J connectivity index is 1.83. The number of amides is 1. The first-order valence-corrected chi connectivity index (χ1v) is 10.3. The van der Waals surface area contributed by atoms with Gasteiger partial charge in [-0.25, -0.2) is 0 Å². The molecule has 4 nitrogen and oxygen atoms in total. The van der Waals surface area contributed by atoms with Gasteiger partial charge in [0.15, 0.2) is 4.80 Å². The number of halogens is 1. The Morgan fingerprint density at radius 3 is 2.82 bits per heavy atom. The molecule has 0 spiro atoms. The van der Waals surface area contributed by atoms with Crippen LogP contribution in [0.1, 0.15) is 17.3 Å². The molecule has 0 unspecified atom stereocenters. The second kappa shape index (κ2) is 8.27. The van der Waals surface area contributed by atoms with Gasteiger partial charge in [0.2, 0.25) is 0 Å². The number of ether oxygens (including phenoxy) is 1. The van der Waals surface area contributed by atoms with Gasteiger partial charge in [-0.2, -0.15) is 4.99 Å². The molecule has 0 radical (unpaired) electrons. The molecule has 1 heterocycles. The summed E-state index contributed by atoms with van der Waals surface area (Å²) >= 11 is 7.61. The number of rotatable bonds is 5. The van der Waals surface area contributed by atoms with Crippen LogP contribution in [0.3, 0.4) is 0 Å². The highest BCUT2D eigenvalue weighted by atomic mass is 35.5. The minimum Gasteiger partial charge on any atom is -0.380 e. The van der Waals surface area contributed by atoms with E-state index in [0.717, 1.165) is 21.0 Å². The molecule has 6 heteroatoms. The van der Waals surface area contributed by atoms with E-state index in [2.05, 4.69) is 4.99 Å². The van der Waals surface area contributed by atoms with E-state index in [9.17, 15) is 4.79 Å². The van der Waals surface area contributed by atoms with E-state index < -0.39 is 0 Å². The average Bonchev–Trinajstić information content (AvgIpc) is 3.03. The van der Waals surface area contributed by atoms with Crippen LogP contribution in [0.15, 0.2) is 65.7 Å². The van der Waals surface area contributed by atoms with E-state index in [1.54, 1.807) is 0 Å². The number of aromatic nitrogens is 1. The second-order valence-electron chi connectivity index (χ2n) is 6.29. The fraction of sp³-hybridized carbons (Fsp3) is 0.182. The Morgan fingerprint density at radius 2 is 1.96 bits per heavy atom. The van der Waals surface area contributed by atoms with Gasteiger partial charge in [-0.3, -0.25) is 4.79 Å². The zero-order valence-corrected chi connectivity index (χ0v) is 17.0. The highest BCUT2D eigenvalue weighted by Gasteiger charge is 2.12. The minimum absolute atomic E-state index is 0.250. The van der Waals surface area contributed by atoms with Crippen molar-refractivity contribution in [2.24, 2.45) is 4.99 Å². The third-order valence-electron chi connectivity index (χ3n) is 4.53. The van der Waals surface area contributed by atoms with E-state index in [-0.39, 0.29) is 5.91 Å². The molecule has 3 aromatic carbocycles. The summed E-state index contributed by atoms with van der Waals surface area (Å²) in [6.07, 6.45) is 0. The zero-order chi connectivity index (χ0) is 19.5. The summed E-state index contributed by atoms with van der Waals surface area (Å²) in [6.45, 7) is 3.79. The fourth-order valence-electron chi connectivity index (χ4n) is 3.21. The monoisotopic (exact) mass is 410 g/mol. The lowest BCUT2D eigenvalue weighted by Crippen LogP contribution is -2.19. The summed E-state index contributed by atoms with van der Waals surface area (Å²) < 4.78 is 8.53. The first kappa shape index (κ1) is 18.9. The molecule has 0 saturated carbocycles. The predicted molar refractivity (Wildman–Crippen MR) is 115 cm³/mol. The standard InChI is InChI=1S/C22H19ClN2O2S/c1-2-27-13-12-25-19-11-10-16(23)14-20(19)28-22(25)24-21(26)18-9-5-7-15-6-3-4-8-17(15)18/h3-11,14H,2,12-13H2,1H3. The molecule has 142 valence electrons. The van der Waals surface area contributed by atoms with Crippen LogP contribution in [0.5, 0.6) is 0 Å². The van der Waals surface area contributed by atoms with Gasteiger partial charge in [-0.15, -0.1) is 0 Å². The van der Waals surface area contributed by atoms with Crippen molar-refractivity contribution >= 4 is 49.8 Å². The van der Waals surface area contributed by atoms with Crippen molar-refractivity contribution in [2.45, 2.75) is 13.5 Å². The number of carbonyl (C=O) groups excluding carboxylic acids is 1. The largest absolute Gasteiger partial charge is 0.380 e. The van der Waals surface area contributed by atoms with Crippen LogP contribution in [0, 0.1) is 0 Å². The first-order valence-electron chi connectivity index (χ1n) is 9.11. The molecule has 0 fully saturated rings. The van der Waals surface area contributed by atoms with Crippen LogP contribution in [0.25, 0.3) is 21.0 Å². The normalized spacial score (nSPS) is 12.1. The summed E-state index contributed by atoms with van der Waals surface area (Å²) in [5, 5.41) is 2.59. The summed E-state index contributed by atoms with van der Waals surface area (Å²) in [7, 11) is 0. The van der Waals surface area contributed by atoms with Crippen LogP contribution in [0.2, 0.25) is 5.02 Å². The Kier molecular flexibility index (Phi) is 5.57. The molecular formula is C22H19ClN2O2S. The number of nitrogens with zero attached hydrogens (tertiary/aromatic N) is 2. The third-order valence-corrected chi connectivity index (χ3v) is 5.80. The number of carbonyl (C=O) groups is 1. The summed E-state index contributed by atoms with van der Waals surface area (Å²) in [5.74, 6) is -0.250. The van der Waals surface area contributed by atoms with Crippen LogP contribution in [0.4, 0.5) is 0 Å². The van der Waals surface area contributed by atoms with Gasteiger partial charge < -0.3 is 9.30 Å². The van der Waals surface area contributed by atoms with Crippen LogP contribution >= 0.6 is 22.9 Å². The third kappa shape index (κ3) is 3.74. The second-order valence-corrected chi connectivity index (χ2v) is 7.73. The highest BCUT2D eigenvalue weighted by molar-refractivity contribution is 7.16. The molecule has 1 amide bonds. The topological polar surface area (TPSA) is 43.6 Å². The smallest absolute Gasteiger partial charge is 0.280 e. The summed E-state index contributed by atoms with van der Waals surface area (Å²) in [4.78, 5) is 18.1. The number of hydrogen-bond acceptors (Lipinski definition) is 3. The lowest BCUT2D eigenvalue weighted by molar-refractivity contribution is 0.0998. The maximum Gasteiger partial charge on any atom is 0.280 e. The van der Waals surface area contributed by atoms with Crippen molar-refractivity contribution in [1.29, 1.82) is 0 Å². The first-order chi connectivity index (χ1) is 13.7. The highest BCUT2D eigenvalue weighted by Crippen LogP contribution is 2.23. The molecule has 0 aliphatic heterocycles. The van der Waals surface area contributed by atoms with Gasteiger partial charge in [0.25, 0.3) is 5.91 Å². The van der Waals surface area contributed by atoms with Crippen LogP contribution < -0.4 is 4.80 Å². The summed E-state index contributed by atoms with van der Waals surface area (Å²) in [6, 6.07) is 19.3.